The fraction of sp³-hybridized carbons (Fsp3) is 0.235. The van der Waals surface area contributed by atoms with Gasteiger partial charge in [0, 0.05) is 5.69 Å². The summed E-state index contributed by atoms with van der Waals surface area (Å²) >= 11 is 0. The van der Waals surface area contributed by atoms with Gasteiger partial charge >= 0.3 is 0 Å². The molecule has 1 N–H and O–H groups in total. The van der Waals surface area contributed by atoms with Crippen LogP contribution in [0.1, 0.15) is 16.7 Å². The van der Waals surface area contributed by atoms with Crippen LogP contribution in [0.4, 0.5) is 5.69 Å². The molecule has 106 valence electrons. The summed E-state index contributed by atoms with van der Waals surface area (Å²) in [5, 5.41) is 0. The van der Waals surface area contributed by atoms with Crippen LogP contribution in [-0.4, -0.2) is 13.0 Å². The first-order valence-corrected chi connectivity index (χ1v) is 7.94. The SMILES string of the molecule is C=S(Nc1c(C)cccc1C)c1cc(C)ccc1OC. The van der Waals surface area contributed by atoms with E-state index >= 15 is 0 Å². The van der Waals surface area contributed by atoms with Crippen molar-refractivity contribution in [1.82, 2.24) is 0 Å². The number of benzene rings is 2. The van der Waals surface area contributed by atoms with Gasteiger partial charge in [0.05, 0.1) is 12.0 Å². The molecule has 0 spiro atoms. The van der Waals surface area contributed by atoms with Crippen molar-refractivity contribution >= 4 is 22.2 Å². The van der Waals surface area contributed by atoms with E-state index in [0.717, 1.165) is 16.3 Å². The lowest BCUT2D eigenvalue weighted by atomic mass is 10.1. The molecule has 0 saturated carbocycles. The fourth-order valence-electron chi connectivity index (χ4n) is 2.13. The van der Waals surface area contributed by atoms with Crippen LogP contribution >= 0.6 is 10.7 Å². The summed E-state index contributed by atoms with van der Waals surface area (Å²) in [7, 11) is 1.35. The number of rotatable bonds is 4. The zero-order chi connectivity index (χ0) is 14.7. The van der Waals surface area contributed by atoms with Gasteiger partial charge in [-0.3, -0.25) is 0 Å². The third-order valence-electron chi connectivity index (χ3n) is 3.29. The average Bonchev–Trinajstić information content (AvgIpc) is 2.43. The van der Waals surface area contributed by atoms with Crippen molar-refractivity contribution in [2.45, 2.75) is 25.7 Å². The monoisotopic (exact) mass is 287 g/mol. The Bertz CT molecular complexity index is 629. The minimum Gasteiger partial charge on any atom is -0.496 e. The molecular formula is C17H21NOS. The maximum absolute atomic E-state index is 5.45. The summed E-state index contributed by atoms with van der Waals surface area (Å²) in [4.78, 5) is 1.11. The van der Waals surface area contributed by atoms with Crippen molar-refractivity contribution in [3.05, 3.63) is 53.1 Å². The normalized spacial score (nSPS) is 12.0. The summed E-state index contributed by atoms with van der Waals surface area (Å²) in [5.74, 6) is 5.15. The van der Waals surface area contributed by atoms with Gasteiger partial charge in [-0.25, -0.2) is 0 Å². The van der Waals surface area contributed by atoms with Crippen molar-refractivity contribution in [3.63, 3.8) is 0 Å². The van der Waals surface area contributed by atoms with Gasteiger partial charge in [-0.05, 0) is 49.6 Å². The van der Waals surface area contributed by atoms with E-state index in [1.807, 2.05) is 6.07 Å². The first kappa shape index (κ1) is 14.7. The Balaban J connectivity index is 2.35. The average molecular weight is 287 g/mol. The maximum atomic E-state index is 5.45. The van der Waals surface area contributed by atoms with Gasteiger partial charge in [-0.2, -0.15) is 0 Å². The number of ether oxygens (including phenoxy) is 1. The zero-order valence-corrected chi connectivity index (χ0v) is 13.3. The van der Waals surface area contributed by atoms with Crippen LogP contribution in [0.2, 0.25) is 0 Å². The molecule has 2 rings (SSSR count). The summed E-state index contributed by atoms with van der Waals surface area (Å²) in [6.45, 7) is 6.30. The van der Waals surface area contributed by atoms with E-state index in [4.69, 9.17) is 4.74 Å². The summed E-state index contributed by atoms with van der Waals surface area (Å²) < 4.78 is 8.98. The molecule has 0 aliphatic heterocycles. The topological polar surface area (TPSA) is 21.3 Å². The van der Waals surface area contributed by atoms with Gasteiger partial charge in [0.2, 0.25) is 0 Å². The van der Waals surface area contributed by atoms with Gasteiger partial charge in [0.15, 0.2) is 0 Å². The molecular weight excluding hydrogens is 266 g/mol. The van der Waals surface area contributed by atoms with Gasteiger partial charge in [0.1, 0.15) is 5.75 Å². The maximum Gasteiger partial charge on any atom is 0.133 e. The fourth-order valence-corrected chi connectivity index (χ4v) is 3.53. The van der Waals surface area contributed by atoms with Crippen LogP contribution in [0, 0.1) is 20.8 Å². The molecule has 2 aromatic carbocycles. The molecule has 0 aliphatic rings. The highest BCUT2D eigenvalue weighted by Crippen LogP contribution is 2.36. The standard InChI is InChI=1S/C17H21NOS/c1-12-9-10-15(19-4)16(11-12)20(5)18-17-13(2)7-6-8-14(17)3/h6-11,18H,5H2,1-4H3. The second kappa shape index (κ2) is 6.14. The number of hydrogen-bond donors (Lipinski definition) is 1. The highest BCUT2D eigenvalue weighted by atomic mass is 32.2. The minimum absolute atomic E-state index is 0.352. The molecule has 0 amide bonds. The smallest absolute Gasteiger partial charge is 0.133 e. The Labute approximate surface area is 123 Å². The third-order valence-corrected chi connectivity index (χ3v) is 4.59. The Morgan fingerprint density at radius 2 is 1.70 bits per heavy atom. The van der Waals surface area contributed by atoms with E-state index in [1.165, 1.54) is 16.7 Å². The van der Waals surface area contributed by atoms with E-state index in [1.54, 1.807) is 7.11 Å². The van der Waals surface area contributed by atoms with E-state index in [-0.39, 0.29) is 10.7 Å². The quantitative estimate of drug-likeness (QED) is 0.822. The summed E-state index contributed by atoms with van der Waals surface area (Å²) in [6.07, 6.45) is 0. The summed E-state index contributed by atoms with van der Waals surface area (Å²) in [6, 6.07) is 12.5. The Hall–Kier alpha value is -1.74. The van der Waals surface area contributed by atoms with E-state index in [9.17, 15) is 0 Å². The highest BCUT2D eigenvalue weighted by Gasteiger charge is 2.08. The molecule has 0 aromatic heterocycles. The Morgan fingerprint density at radius 1 is 1.05 bits per heavy atom. The lowest BCUT2D eigenvalue weighted by Gasteiger charge is -2.18. The lowest BCUT2D eigenvalue weighted by Crippen LogP contribution is -1.98. The number of para-hydroxylation sites is 1. The predicted octanol–water partition coefficient (Wildman–Crippen LogP) is 4.71. The number of hydrogen-bond acceptors (Lipinski definition) is 2. The first-order chi connectivity index (χ1) is 9.52. The Morgan fingerprint density at radius 3 is 2.30 bits per heavy atom. The van der Waals surface area contributed by atoms with Crippen molar-refractivity contribution in [1.29, 1.82) is 0 Å². The molecule has 1 atom stereocenters. The van der Waals surface area contributed by atoms with Crippen LogP contribution in [0.5, 0.6) is 5.75 Å². The van der Waals surface area contributed by atoms with Gasteiger partial charge in [-0.15, -0.1) is 0 Å². The lowest BCUT2D eigenvalue weighted by molar-refractivity contribution is 0.404. The van der Waals surface area contributed by atoms with Crippen LogP contribution < -0.4 is 9.46 Å². The van der Waals surface area contributed by atoms with Crippen LogP contribution in [0.3, 0.4) is 0 Å². The molecule has 0 fully saturated rings. The number of aryl methyl sites for hydroxylation is 3. The second-order valence-corrected chi connectivity index (χ2v) is 6.34. The van der Waals surface area contributed by atoms with Crippen molar-refractivity contribution in [2.24, 2.45) is 0 Å². The molecule has 1 unspecified atom stereocenters. The highest BCUT2D eigenvalue weighted by molar-refractivity contribution is 8.15. The van der Waals surface area contributed by atoms with Crippen molar-refractivity contribution in [2.75, 3.05) is 11.8 Å². The molecule has 0 saturated heterocycles. The molecule has 0 aliphatic carbocycles. The summed E-state index contributed by atoms with van der Waals surface area (Å²) in [5.41, 5.74) is 4.84. The predicted molar refractivity (Wildman–Crippen MR) is 90.2 cm³/mol. The molecule has 2 nitrogen and oxygen atoms in total. The van der Waals surface area contributed by atoms with Crippen LogP contribution in [0.15, 0.2) is 41.3 Å². The van der Waals surface area contributed by atoms with Crippen molar-refractivity contribution in [3.8, 4) is 5.75 Å². The minimum atomic E-state index is -0.352. The van der Waals surface area contributed by atoms with Gasteiger partial charge < -0.3 is 9.46 Å². The molecule has 0 radical (unpaired) electrons. The molecule has 0 bridgehead atoms. The first-order valence-electron chi connectivity index (χ1n) is 6.54. The van der Waals surface area contributed by atoms with Crippen molar-refractivity contribution < 1.29 is 4.74 Å². The van der Waals surface area contributed by atoms with Gasteiger partial charge in [-0.1, -0.05) is 40.8 Å². The zero-order valence-electron chi connectivity index (χ0n) is 12.5. The number of nitrogens with one attached hydrogen (secondary N) is 1. The molecule has 3 heteroatoms. The van der Waals surface area contributed by atoms with Crippen LogP contribution in [-0.2, 0) is 0 Å². The molecule has 2 aromatic rings. The molecule has 0 heterocycles. The number of anilines is 1. The Kier molecular flexibility index (Phi) is 4.50. The largest absolute Gasteiger partial charge is 0.496 e. The van der Waals surface area contributed by atoms with E-state index < -0.39 is 0 Å². The molecule has 20 heavy (non-hydrogen) atoms. The number of methoxy groups -OCH3 is 1. The van der Waals surface area contributed by atoms with Crippen LogP contribution in [0.25, 0.3) is 0 Å². The van der Waals surface area contributed by atoms with E-state index in [2.05, 4.69) is 61.7 Å². The van der Waals surface area contributed by atoms with Gasteiger partial charge in [0.25, 0.3) is 0 Å². The van der Waals surface area contributed by atoms with E-state index in [0.29, 0.717) is 0 Å². The third kappa shape index (κ3) is 3.05. The second-order valence-electron chi connectivity index (χ2n) is 4.91.